The molecule has 1 saturated heterocycles. The lowest BCUT2D eigenvalue weighted by atomic mass is 9.84. The van der Waals surface area contributed by atoms with E-state index in [1.54, 1.807) is 0 Å². The number of likely N-dealkylation sites (N-methyl/N-ethyl adjacent to an activating group) is 1. The number of rotatable bonds is 6. The van der Waals surface area contributed by atoms with Crippen molar-refractivity contribution in [3.63, 3.8) is 0 Å². The third-order valence-corrected chi connectivity index (χ3v) is 4.98. The van der Waals surface area contributed by atoms with Crippen LogP contribution in [0.2, 0.25) is 0 Å². The molecule has 1 fully saturated rings. The molecule has 1 atom stereocenters. The Balaban J connectivity index is 2.27. The first-order chi connectivity index (χ1) is 10.1. The highest BCUT2D eigenvalue weighted by Crippen LogP contribution is 2.33. The van der Waals surface area contributed by atoms with E-state index in [0.29, 0.717) is 6.04 Å². The minimum absolute atomic E-state index is 0.156. The second-order valence-electron chi connectivity index (χ2n) is 6.79. The van der Waals surface area contributed by atoms with Gasteiger partial charge in [0.1, 0.15) is 0 Å². The summed E-state index contributed by atoms with van der Waals surface area (Å²) in [6.07, 6.45) is 5.19. The van der Waals surface area contributed by atoms with Crippen molar-refractivity contribution in [3.05, 3.63) is 35.4 Å². The predicted molar refractivity (Wildman–Crippen MR) is 91.7 cm³/mol. The van der Waals surface area contributed by atoms with Crippen molar-refractivity contribution in [2.24, 2.45) is 0 Å². The van der Waals surface area contributed by atoms with E-state index in [1.807, 2.05) is 0 Å². The average Bonchev–Trinajstić information content (AvgIpc) is 2.53. The van der Waals surface area contributed by atoms with Crippen LogP contribution in [0.25, 0.3) is 0 Å². The number of hydrogen-bond donors (Lipinski definition) is 1. The van der Waals surface area contributed by atoms with Gasteiger partial charge in [0.25, 0.3) is 0 Å². The minimum atomic E-state index is 0.156. The summed E-state index contributed by atoms with van der Waals surface area (Å²) < 4.78 is 0. The van der Waals surface area contributed by atoms with Crippen LogP contribution in [-0.2, 0) is 6.42 Å². The Bertz CT molecular complexity index is 433. The number of aryl methyl sites for hydroxylation is 1. The van der Waals surface area contributed by atoms with E-state index in [0.717, 1.165) is 13.0 Å². The first kappa shape index (κ1) is 16.5. The molecule has 118 valence electrons. The number of nitrogens with one attached hydrogen (secondary N) is 1. The quantitative estimate of drug-likeness (QED) is 0.845. The zero-order valence-electron chi connectivity index (χ0n) is 14.3. The molecule has 2 rings (SSSR count). The van der Waals surface area contributed by atoms with Crippen LogP contribution >= 0.6 is 0 Å². The minimum Gasteiger partial charge on any atom is -0.309 e. The van der Waals surface area contributed by atoms with Gasteiger partial charge in [-0.15, -0.1) is 0 Å². The van der Waals surface area contributed by atoms with E-state index in [4.69, 9.17) is 0 Å². The van der Waals surface area contributed by atoms with E-state index >= 15 is 0 Å². The SMILES string of the molecule is CCNC(c1cccc(CC)c1)C(C)(C)N1CCCCC1. The van der Waals surface area contributed by atoms with Gasteiger partial charge in [0.15, 0.2) is 0 Å². The van der Waals surface area contributed by atoms with Crippen LogP contribution in [0.5, 0.6) is 0 Å². The molecule has 21 heavy (non-hydrogen) atoms. The first-order valence-corrected chi connectivity index (χ1v) is 8.66. The Hall–Kier alpha value is -0.860. The van der Waals surface area contributed by atoms with Crippen LogP contribution in [-0.4, -0.2) is 30.1 Å². The van der Waals surface area contributed by atoms with Crippen molar-refractivity contribution < 1.29 is 0 Å². The number of benzene rings is 1. The Kier molecular flexibility index (Phi) is 5.83. The molecule has 1 aliphatic rings. The second-order valence-corrected chi connectivity index (χ2v) is 6.79. The fourth-order valence-electron chi connectivity index (χ4n) is 3.63. The molecule has 0 amide bonds. The van der Waals surface area contributed by atoms with Crippen molar-refractivity contribution in [1.29, 1.82) is 0 Å². The van der Waals surface area contributed by atoms with Crippen LogP contribution in [0.15, 0.2) is 24.3 Å². The van der Waals surface area contributed by atoms with Gasteiger partial charge in [-0.1, -0.05) is 44.5 Å². The van der Waals surface area contributed by atoms with E-state index in [-0.39, 0.29) is 5.54 Å². The lowest BCUT2D eigenvalue weighted by molar-refractivity contribution is 0.0613. The Morgan fingerprint density at radius 3 is 2.48 bits per heavy atom. The summed E-state index contributed by atoms with van der Waals surface area (Å²) in [4.78, 5) is 2.68. The van der Waals surface area contributed by atoms with Gasteiger partial charge in [-0.25, -0.2) is 0 Å². The molecule has 0 spiro atoms. The van der Waals surface area contributed by atoms with Crippen LogP contribution < -0.4 is 5.32 Å². The molecule has 1 N–H and O–H groups in total. The van der Waals surface area contributed by atoms with Crippen LogP contribution in [0.1, 0.15) is 64.1 Å². The van der Waals surface area contributed by atoms with Gasteiger partial charge in [0.2, 0.25) is 0 Å². The monoisotopic (exact) mass is 288 g/mol. The summed E-state index contributed by atoms with van der Waals surface area (Å²) in [6.45, 7) is 12.7. The lowest BCUT2D eigenvalue weighted by Gasteiger charge is -2.46. The van der Waals surface area contributed by atoms with Gasteiger partial charge < -0.3 is 5.32 Å². The predicted octanol–water partition coefficient (Wildman–Crippen LogP) is 4.16. The van der Waals surface area contributed by atoms with Gasteiger partial charge in [-0.2, -0.15) is 0 Å². The Morgan fingerprint density at radius 1 is 1.14 bits per heavy atom. The van der Waals surface area contributed by atoms with Crippen molar-refractivity contribution in [2.45, 2.75) is 65.0 Å². The van der Waals surface area contributed by atoms with Gasteiger partial charge in [0.05, 0.1) is 6.04 Å². The van der Waals surface area contributed by atoms with Crippen molar-refractivity contribution in [3.8, 4) is 0 Å². The maximum absolute atomic E-state index is 3.75. The van der Waals surface area contributed by atoms with E-state index in [1.165, 1.54) is 43.5 Å². The standard InChI is InChI=1S/C19H32N2/c1-5-16-11-10-12-17(15-16)18(20-6-2)19(3,4)21-13-8-7-9-14-21/h10-12,15,18,20H,5-9,13-14H2,1-4H3. The molecular weight excluding hydrogens is 256 g/mol. The van der Waals surface area contributed by atoms with E-state index in [2.05, 4.69) is 62.2 Å². The summed E-state index contributed by atoms with van der Waals surface area (Å²) in [6, 6.07) is 9.52. The molecule has 0 aliphatic carbocycles. The Labute approximate surface area is 130 Å². The molecule has 1 heterocycles. The number of hydrogen-bond acceptors (Lipinski definition) is 2. The molecular formula is C19H32N2. The molecule has 2 nitrogen and oxygen atoms in total. The molecule has 1 aliphatic heterocycles. The van der Waals surface area contributed by atoms with Crippen molar-refractivity contribution in [1.82, 2.24) is 10.2 Å². The third kappa shape index (κ3) is 3.87. The topological polar surface area (TPSA) is 15.3 Å². The van der Waals surface area contributed by atoms with Crippen LogP contribution in [0.4, 0.5) is 0 Å². The summed E-state index contributed by atoms with van der Waals surface area (Å²) in [7, 11) is 0. The maximum Gasteiger partial charge on any atom is 0.0501 e. The van der Waals surface area contributed by atoms with Gasteiger partial charge in [-0.05, 0) is 63.9 Å². The van der Waals surface area contributed by atoms with Gasteiger partial charge in [-0.3, -0.25) is 4.90 Å². The first-order valence-electron chi connectivity index (χ1n) is 8.66. The molecule has 1 aromatic rings. The molecule has 0 radical (unpaired) electrons. The highest BCUT2D eigenvalue weighted by atomic mass is 15.2. The fourth-order valence-corrected chi connectivity index (χ4v) is 3.63. The summed E-state index contributed by atoms with van der Waals surface area (Å²) in [5, 5.41) is 3.75. The normalized spacial score (nSPS) is 18.7. The summed E-state index contributed by atoms with van der Waals surface area (Å²) in [5.41, 5.74) is 3.03. The van der Waals surface area contributed by atoms with E-state index < -0.39 is 0 Å². The van der Waals surface area contributed by atoms with Crippen LogP contribution in [0, 0.1) is 0 Å². The van der Waals surface area contributed by atoms with Crippen LogP contribution in [0.3, 0.4) is 0 Å². The lowest BCUT2D eigenvalue weighted by Crippen LogP contribution is -2.54. The summed E-state index contributed by atoms with van der Waals surface area (Å²) in [5.74, 6) is 0. The third-order valence-electron chi connectivity index (χ3n) is 4.98. The van der Waals surface area contributed by atoms with E-state index in [9.17, 15) is 0 Å². The average molecular weight is 288 g/mol. The zero-order valence-corrected chi connectivity index (χ0v) is 14.3. The zero-order chi connectivity index (χ0) is 15.3. The molecule has 1 aromatic carbocycles. The molecule has 0 aromatic heterocycles. The molecule has 0 saturated carbocycles. The summed E-state index contributed by atoms with van der Waals surface area (Å²) >= 11 is 0. The fraction of sp³-hybridized carbons (Fsp3) is 0.684. The van der Waals surface area contributed by atoms with Crippen molar-refractivity contribution >= 4 is 0 Å². The molecule has 2 heteroatoms. The second kappa shape index (κ2) is 7.42. The highest BCUT2D eigenvalue weighted by molar-refractivity contribution is 5.28. The van der Waals surface area contributed by atoms with Gasteiger partial charge in [0, 0.05) is 5.54 Å². The smallest absolute Gasteiger partial charge is 0.0501 e. The molecule has 1 unspecified atom stereocenters. The van der Waals surface area contributed by atoms with Gasteiger partial charge >= 0.3 is 0 Å². The highest BCUT2D eigenvalue weighted by Gasteiger charge is 2.36. The van der Waals surface area contributed by atoms with Crippen molar-refractivity contribution in [2.75, 3.05) is 19.6 Å². The number of nitrogens with zero attached hydrogens (tertiary/aromatic N) is 1. The number of likely N-dealkylation sites (tertiary alicyclic amines) is 1. The number of piperidine rings is 1. The largest absolute Gasteiger partial charge is 0.309 e. The maximum atomic E-state index is 3.75. The Morgan fingerprint density at radius 2 is 1.86 bits per heavy atom. The molecule has 0 bridgehead atoms.